The van der Waals surface area contributed by atoms with Crippen molar-refractivity contribution in [3.63, 3.8) is 0 Å². The van der Waals surface area contributed by atoms with Gasteiger partial charge in [0.1, 0.15) is 0 Å². The van der Waals surface area contributed by atoms with Crippen LogP contribution in [0.1, 0.15) is 32.3 Å². The summed E-state index contributed by atoms with van der Waals surface area (Å²) < 4.78 is 25.5. The Morgan fingerprint density at radius 3 is 2.11 bits per heavy atom. The van der Waals surface area contributed by atoms with E-state index in [1.807, 2.05) is 13.8 Å². The number of sulfonamides is 1. The standard InChI is InChI=1S/C11H16N2O2S.C2H6/c12-11-5-3-10(4-6-11)9-16(14,15)13-7-1-2-8-13;1-2/h3-6H,1-2,7-9,12H2;1-2H3. The fourth-order valence-electron chi connectivity index (χ4n) is 1.88. The lowest BCUT2D eigenvalue weighted by atomic mass is 10.2. The molecular formula is C13H22N2O2S. The molecule has 5 heteroatoms. The Kier molecular flexibility index (Phi) is 5.62. The maximum atomic E-state index is 12.0. The van der Waals surface area contributed by atoms with Crippen LogP contribution in [0.2, 0.25) is 0 Å². The molecule has 0 aliphatic carbocycles. The van der Waals surface area contributed by atoms with Crippen molar-refractivity contribution >= 4 is 15.7 Å². The number of nitrogens with two attached hydrogens (primary N) is 1. The predicted molar refractivity (Wildman–Crippen MR) is 75.6 cm³/mol. The van der Waals surface area contributed by atoms with E-state index in [0.29, 0.717) is 18.8 Å². The van der Waals surface area contributed by atoms with Gasteiger partial charge in [-0.2, -0.15) is 0 Å². The third-order valence-corrected chi connectivity index (χ3v) is 4.64. The second-order valence-electron chi connectivity index (χ2n) is 4.10. The summed E-state index contributed by atoms with van der Waals surface area (Å²) in [4.78, 5) is 0. The van der Waals surface area contributed by atoms with E-state index in [-0.39, 0.29) is 5.75 Å². The van der Waals surface area contributed by atoms with Crippen LogP contribution in [-0.2, 0) is 15.8 Å². The van der Waals surface area contributed by atoms with Crippen molar-refractivity contribution in [3.05, 3.63) is 29.8 Å². The zero-order valence-corrected chi connectivity index (χ0v) is 11.9. The highest BCUT2D eigenvalue weighted by Crippen LogP contribution is 2.17. The molecule has 1 aromatic carbocycles. The molecule has 1 aromatic rings. The minimum atomic E-state index is -3.13. The van der Waals surface area contributed by atoms with Crippen LogP contribution in [0.3, 0.4) is 0 Å². The zero-order chi connectivity index (χ0) is 13.6. The Morgan fingerprint density at radius 1 is 1.11 bits per heavy atom. The van der Waals surface area contributed by atoms with Gasteiger partial charge in [-0.15, -0.1) is 0 Å². The average molecular weight is 270 g/mol. The first-order valence-corrected chi connectivity index (χ1v) is 8.01. The summed E-state index contributed by atoms with van der Waals surface area (Å²) in [7, 11) is -3.13. The molecule has 102 valence electrons. The van der Waals surface area contributed by atoms with Crippen molar-refractivity contribution in [2.75, 3.05) is 18.8 Å². The number of benzene rings is 1. The molecule has 0 amide bonds. The van der Waals surface area contributed by atoms with Crippen molar-refractivity contribution < 1.29 is 8.42 Å². The Balaban J connectivity index is 0.000000771. The van der Waals surface area contributed by atoms with Crippen LogP contribution >= 0.6 is 0 Å². The fourth-order valence-corrected chi connectivity index (χ4v) is 3.49. The summed E-state index contributed by atoms with van der Waals surface area (Å²) in [6.45, 7) is 5.33. The first kappa shape index (κ1) is 15.0. The molecule has 0 spiro atoms. The highest BCUT2D eigenvalue weighted by atomic mass is 32.2. The number of rotatable bonds is 3. The lowest BCUT2D eigenvalue weighted by Gasteiger charge is -2.15. The smallest absolute Gasteiger partial charge is 0.218 e. The number of hydrogen-bond donors (Lipinski definition) is 1. The molecular weight excluding hydrogens is 248 g/mol. The van der Waals surface area contributed by atoms with E-state index >= 15 is 0 Å². The van der Waals surface area contributed by atoms with E-state index < -0.39 is 10.0 Å². The van der Waals surface area contributed by atoms with E-state index in [4.69, 9.17) is 5.73 Å². The normalized spacial score (nSPS) is 16.1. The SMILES string of the molecule is CC.Nc1ccc(CS(=O)(=O)N2CCCC2)cc1. The molecule has 0 bridgehead atoms. The molecule has 1 fully saturated rings. The zero-order valence-electron chi connectivity index (χ0n) is 11.1. The molecule has 0 saturated carbocycles. The molecule has 4 nitrogen and oxygen atoms in total. The van der Waals surface area contributed by atoms with Gasteiger partial charge in [0.05, 0.1) is 5.75 Å². The van der Waals surface area contributed by atoms with E-state index in [2.05, 4.69) is 0 Å². The highest BCUT2D eigenvalue weighted by molar-refractivity contribution is 7.88. The second-order valence-corrected chi connectivity index (χ2v) is 6.07. The van der Waals surface area contributed by atoms with Crippen LogP contribution in [0.5, 0.6) is 0 Å². The van der Waals surface area contributed by atoms with Crippen LogP contribution in [0, 0.1) is 0 Å². The van der Waals surface area contributed by atoms with Gasteiger partial charge in [-0.3, -0.25) is 0 Å². The number of nitrogen functional groups attached to an aromatic ring is 1. The van der Waals surface area contributed by atoms with Gasteiger partial charge >= 0.3 is 0 Å². The van der Waals surface area contributed by atoms with Crippen molar-refractivity contribution in [2.45, 2.75) is 32.4 Å². The number of nitrogens with zero attached hydrogens (tertiary/aromatic N) is 1. The fraction of sp³-hybridized carbons (Fsp3) is 0.538. The van der Waals surface area contributed by atoms with Gasteiger partial charge in [0, 0.05) is 18.8 Å². The highest BCUT2D eigenvalue weighted by Gasteiger charge is 2.25. The van der Waals surface area contributed by atoms with Crippen LogP contribution in [0.15, 0.2) is 24.3 Å². The summed E-state index contributed by atoms with van der Waals surface area (Å²) >= 11 is 0. The van der Waals surface area contributed by atoms with Gasteiger partial charge in [-0.1, -0.05) is 26.0 Å². The minimum Gasteiger partial charge on any atom is -0.399 e. The lowest BCUT2D eigenvalue weighted by molar-refractivity contribution is 0.476. The molecule has 1 heterocycles. The van der Waals surface area contributed by atoms with Gasteiger partial charge in [-0.05, 0) is 30.5 Å². The average Bonchev–Trinajstić information content (AvgIpc) is 2.89. The van der Waals surface area contributed by atoms with E-state index in [9.17, 15) is 8.42 Å². The molecule has 2 rings (SSSR count). The molecule has 1 aliphatic heterocycles. The molecule has 0 radical (unpaired) electrons. The van der Waals surface area contributed by atoms with Crippen LogP contribution in [0.25, 0.3) is 0 Å². The van der Waals surface area contributed by atoms with E-state index in [1.54, 1.807) is 28.6 Å². The third-order valence-electron chi connectivity index (χ3n) is 2.79. The Hall–Kier alpha value is -1.07. The Bertz CT molecular complexity index is 448. The van der Waals surface area contributed by atoms with Gasteiger partial charge in [0.2, 0.25) is 10.0 Å². The lowest BCUT2D eigenvalue weighted by Crippen LogP contribution is -2.29. The first-order valence-electron chi connectivity index (χ1n) is 6.40. The van der Waals surface area contributed by atoms with Crippen LogP contribution in [0.4, 0.5) is 5.69 Å². The molecule has 1 aliphatic rings. The topological polar surface area (TPSA) is 63.4 Å². The molecule has 2 N–H and O–H groups in total. The van der Waals surface area contributed by atoms with Gasteiger partial charge in [0.25, 0.3) is 0 Å². The number of anilines is 1. The van der Waals surface area contributed by atoms with Crippen molar-refractivity contribution in [3.8, 4) is 0 Å². The van der Waals surface area contributed by atoms with Crippen molar-refractivity contribution in [1.82, 2.24) is 4.31 Å². The minimum absolute atomic E-state index is 0.0767. The van der Waals surface area contributed by atoms with Crippen LogP contribution in [-0.4, -0.2) is 25.8 Å². The summed E-state index contributed by atoms with van der Waals surface area (Å²) in [5.41, 5.74) is 7.00. The Labute approximate surface area is 110 Å². The molecule has 0 unspecified atom stereocenters. The molecule has 1 saturated heterocycles. The second kappa shape index (κ2) is 6.75. The monoisotopic (exact) mass is 270 g/mol. The summed E-state index contributed by atoms with van der Waals surface area (Å²) in [5, 5.41) is 0. The number of hydrogen-bond acceptors (Lipinski definition) is 3. The Morgan fingerprint density at radius 2 is 1.61 bits per heavy atom. The van der Waals surface area contributed by atoms with E-state index in [0.717, 1.165) is 18.4 Å². The quantitative estimate of drug-likeness (QED) is 0.857. The maximum Gasteiger partial charge on any atom is 0.218 e. The van der Waals surface area contributed by atoms with Gasteiger partial charge in [0.15, 0.2) is 0 Å². The maximum absolute atomic E-state index is 12.0. The van der Waals surface area contributed by atoms with Crippen molar-refractivity contribution in [1.29, 1.82) is 0 Å². The summed E-state index contributed by atoms with van der Waals surface area (Å²) in [6, 6.07) is 7.00. The van der Waals surface area contributed by atoms with E-state index in [1.165, 1.54) is 0 Å². The van der Waals surface area contributed by atoms with Gasteiger partial charge < -0.3 is 5.73 Å². The van der Waals surface area contributed by atoms with Gasteiger partial charge in [-0.25, -0.2) is 12.7 Å². The molecule has 0 atom stereocenters. The van der Waals surface area contributed by atoms with Crippen LogP contribution < -0.4 is 5.73 Å². The summed E-state index contributed by atoms with van der Waals surface area (Å²) in [6.07, 6.45) is 1.95. The summed E-state index contributed by atoms with van der Waals surface area (Å²) in [5.74, 6) is 0.0767. The third kappa shape index (κ3) is 3.99. The first-order chi connectivity index (χ1) is 8.58. The molecule has 0 aromatic heterocycles. The molecule has 18 heavy (non-hydrogen) atoms. The van der Waals surface area contributed by atoms with Crippen molar-refractivity contribution in [2.24, 2.45) is 0 Å². The predicted octanol–water partition coefficient (Wildman–Crippen LogP) is 2.22. The largest absolute Gasteiger partial charge is 0.399 e.